The molecular weight excluding hydrogens is 498 g/mol. The van der Waals surface area contributed by atoms with Gasteiger partial charge in [-0.3, -0.25) is 0 Å². The molecule has 1 unspecified atom stereocenters. The van der Waals surface area contributed by atoms with Gasteiger partial charge in [0.05, 0.1) is 12.6 Å². The predicted molar refractivity (Wildman–Crippen MR) is 171 cm³/mol. The molecule has 6 rings (SSSR count). The van der Waals surface area contributed by atoms with Crippen LogP contribution in [0.1, 0.15) is 34.7 Å². The van der Waals surface area contributed by atoms with E-state index in [1.165, 1.54) is 5.57 Å². The zero-order valence-electron chi connectivity index (χ0n) is 23.1. The van der Waals surface area contributed by atoms with Gasteiger partial charge >= 0.3 is 0 Å². The van der Waals surface area contributed by atoms with Gasteiger partial charge in [0, 0.05) is 28.4 Å². The molecule has 0 saturated heterocycles. The van der Waals surface area contributed by atoms with Gasteiger partial charge in [0.15, 0.2) is 0 Å². The summed E-state index contributed by atoms with van der Waals surface area (Å²) in [4.78, 5) is 0. The Morgan fingerprint density at radius 2 is 1.07 bits per heavy atom. The minimum Gasteiger partial charge on any atom is -0.497 e. The number of nitrogens with one attached hydrogen (secondary N) is 1. The molecule has 1 atom stereocenters. The van der Waals surface area contributed by atoms with Crippen LogP contribution in [0.2, 0.25) is 0 Å². The van der Waals surface area contributed by atoms with E-state index in [9.17, 15) is 0 Å². The van der Waals surface area contributed by atoms with E-state index in [2.05, 4.69) is 115 Å². The second kappa shape index (κ2) is 10.6. The molecule has 0 radical (unpaired) electrons. The first-order chi connectivity index (χ1) is 20.0. The summed E-state index contributed by atoms with van der Waals surface area (Å²) in [6.45, 7) is 2.22. The van der Waals surface area contributed by atoms with Crippen molar-refractivity contribution >= 4 is 11.3 Å². The van der Waals surface area contributed by atoms with Crippen LogP contribution >= 0.6 is 0 Å². The van der Waals surface area contributed by atoms with Crippen LogP contribution < -0.4 is 10.1 Å². The molecule has 1 N–H and O–H groups in total. The van der Waals surface area contributed by atoms with E-state index >= 15 is 0 Å². The Bertz CT molecular complexity index is 1830. The molecule has 2 heteroatoms. The van der Waals surface area contributed by atoms with E-state index in [1.54, 1.807) is 7.11 Å². The summed E-state index contributed by atoms with van der Waals surface area (Å²) in [6, 6.07) is 39.8. The molecule has 1 aliphatic heterocycles. The Hall–Kier alpha value is -5.44. The van der Waals surface area contributed by atoms with Gasteiger partial charge in [-0.1, -0.05) is 84.6 Å². The Kier molecular flexibility index (Phi) is 6.68. The van der Waals surface area contributed by atoms with Crippen molar-refractivity contribution in [2.24, 2.45) is 0 Å². The normalized spacial score (nSPS) is 15.5. The van der Waals surface area contributed by atoms with Crippen LogP contribution in [0.5, 0.6) is 5.75 Å². The van der Waals surface area contributed by atoms with Gasteiger partial charge in [-0.2, -0.15) is 0 Å². The van der Waals surface area contributed by atoms with Gasteiger partial charge in [0.1, 0.15) is 5.75 Å². The fourth-order valence-corrected chi connectivity index (χ4v) is 5.43. The molecule has 0 spiro atoms. The van der Waals surface area contributed by atoms with Crippen LogP contribution in [-0.4, -0.2) is 7.11 Å². The predicted octanol–water partition coefficient (Wildman–Crippen LogP) is 8.76. The molecule has 5 aromatic carbocycles. The lowest BCUT2D eigenvalue weighted by molar-refractivity contribution is 0.415. The summed E-state index contributed by atoms with van der Waals surface area (Å²) in [6.07, 6.45) is 13.4. The minimum absolute atomic E-state index is 0.440. The number of benzene rings is 5. The molecule has 1 aliphatic rings. The highest BCUT2D eigenvalue weighted by Crippen LogP contribution is 2.43. The molecule has 0 bridgehead atoms. The lowest BCUT2D eigenvalue weighted by atomic mass is 9.81. The SMILES string of the molecule is C#Cc1ccc(-c2ccc(C3=CC(C)(c4ccc(-c5ccc(C#C)cc5)cc4)Nc4cc(OC)ccc43)cc2)cc1. The number of ether oxygens (including phenoxy) is 1. The first-order valence-corrected chi connectivity index (χ1v) is 13.5. The van der Waals surface area contributed by atoms with Crippen LogP contribution in [0.4, 0.5) is 5.69 Å². The number of terminal acetylenes is 2. The number of hydrogen-bond donors (Lipinski definition) is 1. The van der Waals surface area contributed by atoms with E-state index in [-0.39, 0.29) is 0 Å². The maximum absolute atomic E-state index is 5.57. The second-order valence-electron chi connectivity index (χ2n) is 10.4. The largest absolute Gasteiger partial charge is 0.497 e. The summed E-state index contributed by atoms with van der Waals surface area (Å²) in [5.41, 5.74) is 11.6. The molecule has 0 amide bonds. The number of anilines is 1. The first-order valence-electron chi connectivity index (χ1n) is 13.5. The summed E-state index contributed by atoms with van der Waals surface area (Å²) in [5.74, 6) is 6.18. The quantitative estimate of drug-likeness (QED) is 0.231. The molecule has 0 aromatic heterocycles. The van der Waals surface area contributed by atoms with Crippen LogP contribution in [0.3, 0.4) is 0 Å². The van der Waals surface area contributed by atoms with Crippen molar-refractivity contribution < 1.29 is 4.74 Å². The molecule has 0 aliphatic carbocycles. The molecule has 0 fully saturated rings. The molecule has 41 heavy (non-hydrogen) atoms. The van der Waals surface area contributed by atoms with Crippen molar-refractivity contribution in [3.8, 4) is 52.7 Å². The van der Waals surface area contributed by atoms with E-state index in [4.69, 9.17) is 17.6 Å². The topological polar surface area (TPSA) is 21.3 Å². The van der Waals surface area contributed by atoms with Crippen LogP contribution in [0, 0.1) is 24.7 Å². The third-order valence-corrected chi connectivity index (χ3v) is 7.79. The standard InChI is InChI=1S/C39H29NO/c1-5-27-7-11-29(12-8-27)31-15-17-33(18-16-31)37-26-39(3,40-38-25-35(41-4)23-24-36(37)38)34-21-19-32(20-22-34)30-13-9-28(6-2)10-14-30/h1-2,7-26,40H,3-4H3. The van der Waals surface area contributed by atoms with Crippen LogP contribution in [0.25, 0.3) is 27.8 Å². The third kappa shape index (κ3) is 5.00. The number of rotatable bonds is 5. The fourth-order valence-electron chi connectivity index (χ4n) is 5.43. The van der Waals surface area contributed by atoms with E-state index in [1.807, 2.05) is 30.3 Å². The number of hydrogen-bond acceptors (Lipinski definition) is 2. The number of methoxy groups -OCH3 is 1. The Balaban J connectivity index is 1.38. The highest BCUT2D eigenvalue weighted by molar-refractivity contribution is 5.91. The first kappa shape index (κ1) is 25.8. The van der Waals surface area contributed by atoms with Crippen molar-refractivity contribution in [2.45, 2.75) is 12.5 Å². The molecule has 0 saturated carbocycles. The summed E-state index contributed by atoms with van der Waals surface area (Å²) >= 11 is 0. The van der Waals surface area contributed by atoms with Crippen molar-refractivity contribution in [3.63, 3.8) is 0 Å². The molecule has 196 valence electrons. The summed E-state index contributed by atoms with van der Waals surface area (Å²) in [7, 11) is 1.70. The van der Waals surface area contributed by atoms with Crippen molar-refractivity contribution in [1.29, 1.82) is 0 Å². The van der Waals surface area contributed by atoms with Gasteiger partial charge < -0.3 is 10.1 Å². The zero-order valence-corrected chi connectivity index (χ0v) is 23.1. The lowest BCUT2D eigenvalue weighted by Gasteiger charge is -2.36. The Labute approximate surface area is 242 Å². The van der Waals surface area contributed by atoms with Gasteiger partial charge in [-0.15, -0.1) is 12.8 Å². The molecule has 2 nitrogen and oxygen atoms in total. The Morgan fingerprint density at radius 3 is 1.56 bits per heavy atom. The van der Waals surface area contributed by atoms with Gasteiger partial charge in [-0.05, 0) is 88.4 Å². The highest BCUT2D eigenvalue weighted by Gasteiger charge is 2.31. The third-order valence-electron chi connectivity index (χ3n) is 7.79. The van der Waals surface area contributed by atoms with Gasteiger partial charge in [-0.25, -0.2) is 0 Å². The number of fused-ring (bicyclic) bond motifs is 1. The summed E-state index contributed by atoms with van der Waals surface area (Å²) < 4.78 is 5.57. The van der Waals surface area contributed by atoms with Crippen LogP contribution in [0.15, 0.2) is 121 Å². The Morgan fingerprint density at radius 1 is 0.610 bits per heavy atom. The van der Waals surface area contributed by atoms with Crippen LogP contribution in [-0.2, 0) is 5.54 Å². The van der Waals surface area contributed by atoms with E-state index < -0.39 is 5.54 Å². The fraction of sp³-hybridized carbons (Fsp3) is 0.0769. The van der Waals surface area contributed by atoms with Gasteiger partial charge in [0.25, 0.3) is 0 Å². The minimum atomic E-state index is -0.440. The van der Waals surface area contributed by atoms with Crippen molar-refractivity contribution in [1.82, 2.24) is 0 Å². The average molecular weight is 528 g/mol. The maximum Gasteiger partial charge on any atom is 0.120 e. The van der Waals surface area contributed by atoms with Gasteiger partial charge in [0.2, 0.25) is 0 Å². The smallest absolute Gasteiger partial charge is 0.120 e. The van der Waals surface area contributed by atoms with E-state index in [0.29, 0.717) is 0 Å². The maximum atomic E-state index is 5.57. The molecule has 5 aromatic rings. The zero-order chi connectivity index (χ0) is 28.4. The molecule has 1 heterocycles. The molecular formula is C39H29NO. The highest BCUT2D eigenvalue weighted by atomic mass is 16.5. The second-order valence-corrected chi connectivity index (χ2v) is 10.4. The van der Waals surface area contributed by atoms with Crippen molar-refractivity contribution in [3.05, 3.63) is 149 Å². The average Bonchev–Trinajstić information content (AvgIpc) is 3.04. The monoisotopic (exact) mass is 527 g/mol. The van der Waals surface area contributed by atoms with E-state index in [0.717, 1.165) is 61.5 Å². The summed E-state index contributed by atoms with van der Waals surface area (Å²) in [5, 5.41) is 3.79. The van der Waals surface area contributed by atoms with Crippen molar-refractivity contribution in [2.75, 3.05) is 12.4 Å². The lowest BCUT2D eigenvalue weighted by Crippen LogP contribution is -2.33.